The molecular weight excluding hydrogens is 154 g/mol. The average molecular weight is 171 g/mol. The van der Waals surface area contributed by atoms with E-state index in [-0.39, 0.29) is 6.61 Å². The molecule has 2 fully saturated rings. The number of hydrogen-bond acceptors (Lipinski definition) is 3. The van der Waals surface area contributed by atoms with Crippen LogP contribution in [0.1, 0.15) is 12.8 Å². The van der Waals surface area contributed by atoms with E-state index >= 15 is 0 Å². The Kier molecular flexibility index (Phi) is 2.63. The Balaban J connectivity index is 1.50. The Bertz CT molecular complexity index is 141. The second-order valence-electron chi connectivity index (χ2n) is 3.85. The van der Waals surface area contributed by atoms with Crippen LogP contribution in [0.2, 0.25) is 0 Å². The van der Waals surface area contributed by atoms with Crippen molar-refractivity contribution in [3.8, 4) is 0 Å². The van der Waals surface area contributed by atoms with Crippen LogP contribution in [-0.4, -0.2) is 49.0 Å². The summed E-state index contributed by atoms with van der Waals surface area (Å²) < 4.78 is 5.26. The van der Waals surface area contributed by atoms with Crippen LogP contribution in [0.5, 0.6) is 0 Å². The summed E-state index contributed by atoms with van der Waals surface area (Å²) in [7, 11) is 0. The van der Waals surface area contributed by atoms with E-state index in [0.717, 1.165) is 18.6 Å². The van der Waals surface area contributed by atoms with Crippen LogP contribution in [0.3, 0.4) is 0 Å². The molecule has 0 aromatic heterocycles. The molecule has 0 aromatic rings. The van der Waals surface area contributed by atoms with E-state index in [0.29, 0.717) is 6.61 Å². The zero-order valence-electron chi connectivity index (χ0n) is 7.41. The number of rotatable bonds is 5. The first-order valence-corrected chi connectivity index (χ1v) is 4.83. The van der Waals surface area contributed by atoms with Crippen molar-refractivity contribution in [3.05, 3.63) is 0 Å². The largest absolute Gasteiger partial charge is 0.394 e. The summed E-state index contributed by atoms with van der Waals surface area (Å²) in [6, 6.07) is 0.916. The molecule has 0 unspecified atom stereocenters. The highest BCUT2D eigenvalue weighted by molar-refractivity contribution is 4.92. The number of likely N-dealkylation sites (tertiary alicyclic amines) is 1. The maximum Gasteiger partial charge on any atom is 0.0697 e. The Labute approximate surface area is 73.3 Å². The lowest BCUT2D eigenvalue weighted by Crippen LogP contribution is -2.49. The van der Waals surface area contributed by atoms with Gasteiger partial charge in [0.1, 0.15) is 0 Å². The lowest BCUT2D eigenvalue weighted by Gasteiger charge is -2.39. The Morgan fingerprint density at radius 2 is 2.08 bits per heavy atom. The highest BCUT2D eigenvalue weighted by Crippen LogP contribution is 2.32. The number of hydrogen-bond donors (Lipinski definition) is 1. The van der Waals surface area contributed by atoms with E-state index in [1.165, 1.54) is 25.9 Å². The normalized spacial score (nSPS) is 25.8. The fourth-order valence-corrected chi connectivity index (χ4v) is 1.77. The van der Waals surface area contributed by atoms with Gasteiger partial charge in [-0.1, -0.05) is 0 Å². The lowest BCUT2D eigenvalue weighted by molar-refractivity contribution is 0.000385. The minimum absolute atomic E-state index is 0.152. The van der Waals surface area contributed by atoms with Gasteiger partial charge in [-0.2, -0.15) is 0 Å². The van der Waals surface area contributed by atoms with Gasteiger partial charge in [-0.05, 0) is 12.8 Å². The molecule has 1 saturated heterocycles. The molecule has 0 bridgehead atoms. The topological polar surface area (TPSA) is 32.7 Å². The second kappa shape index (κ2) is 3.73. The molecule has 1 saturated carbocycles. The molecule has 1 N–H and O–H groups in total. The summed E-state index contributed by atoms with van der Waals surface area (Å²) in [5.74, 6) is 0.733. The first kappa shape index (κ1) is 8.48. The van der Waals surface area contributed by atoms with Gasteiger partial charge in [-0.3, -0.25) is 4.90 Å². The first-order valence-electron chi connectivity index (χ1n) is 4.83. The molecule has 0 spiro atoms. The molecule has 0 amide bonds. The van der Waals surface area contributed by atoms with Crippen LogP contribution < -0.4 is 0 Å². The van der Waals surface area contributed by atoms with Crippen LogP contribution in [0.15, 0.2) is 0 Å². The molecule has 12 heavy (non-hydrogen) atoms. The van der Waals surface area contributed by atoms with Crippen molar-refractivity contribution in [1.82, 2.24) is 4.90 Å². The number of aliphatic hydroxyl groups is 1. The third-order valence-electron chi connectivity index (χ3n) is 2.64. The molecule has 70 valence electrons. The molecule has 1 aliphatic carbocycles. The van der Waals surface area contributed by atoms with Gasteiger partial charge in [-0.25, -0.2) is 0 Å². The standard InChI is InChI=1S/C9H17NO2/c11-3-4-12-7-8-5-10(6-8)9-1-2-9/h8-9,11H,1-7H2. The second-order valence-corrected chi connectivity index (χ2v) is 3.85. The minimum atomic E-state index is 0.152. The molecular formula is C9H17NO2. The SMILES string of the molecule is OCCOCC1CN(C2CC2)C1. The number of ether oxygens (including phenoxy) is 1. The van der Waals surface area contributed by atoms with Crippen molar-refractivity contribution in [2.45, 2.75) is 18.9 Å². The summed E-state index contributed by atoms with van der Waals surface area (Å²) >= 11 is 0. The van der Waals surface area contributed by atoms with E-state index in [1.807, 2.05) is 0 Å². The molecule has 0 atom stereocenters. The van der Waals surface area contributed by atoms with Crippen molar-refractivity contribution >= 4 is 0 Å². The molecule has 2 rings (SSSR count). The third-order valence-corrected chi connectivity index (χ3v) is 2.64. The fourth-order valence-electron chi connectivity index (χ4n) is 1.77. The van der Waals surface area contributed by atoms with E-state index < -0.39 is 0 Å². The van der Waals surface area contributed by atoms with Gasteiger partial charge in [0, 0.05) is 25.0 Å². The van der Waals surface area contributed by atoms with E-state index in [2.05, 4.69) is 4.90 Å². The molecule has 2 aliphatic rings. The van der Waals surface area contributed by atoms with Crippen LogP contribution in [-0.2, 0) is 4.74 Å². The number of aliphatic hydroxyl groups excluding tert-OH is 1. The molecule has 1 heterocycles. The van der Waals surface area contributed by atoms with Gasteiger partial charge in [0.25, 0.3) is 0 Å². The molecule has 0 aromatic carbocycles. The Hall–Kier alpha value is -0.120. The van der Waals surface area contributed by atoms with Gasteiger partial charge >= 0.3 is 0 Å². The summed E-state index contributed by atoms with van der Waals surface area (Å²) in [4.78, 5) is 2.53. The summed E-state index contributed by atoms with van der Waals surface area (Å²) in [6.07, 6.45) is 2.81. The summed E-state index contributed by atoms with van der Waals surface area (Å²) in [5.41, 5.74) is 0. The van der Waals surface area contributed by atoms with Crippen molar-refractivity contribution in [3.63, 3.8) is 0 Å². The Morgan fingerprint density at radius 1 is 1.33 bits per heavy atom. The van der Waals surface area contributed by atoms with Crippen LogP contribution >= 0.6 is 0 Å². The van der Waals surface area contributed by atoms with Crippen LogP contribution in [0.25, 0.3) is 0 Å². The molecule has 3 heteroatoms. The average Bonchev–Trinajstić information content (AvgIpc) is 2.76. The molecule has 0 radical (unpaired) electrons. The zero-order valence-corrected chi connectivity index (χ0v) is 7.41. The molecule has 1 aliphatic heterocycles. The lowest BCUT2D eigenvalue weighted by atomic mass is 10.0. The van der Waals surface area contributed by atoms with Gasteiger partial charge < -0.3 is 9.84 Å². The first-order chi connectivity index (χ1) is 5.90. The van der Waals surface area contributed by atoms with Gasteiger partial charge in [-0.15, -0.1) is 0 Å². The van der Waals surface area contributed by atoms with Crippen LogP contribution in [0.4, 0.5) is 0 Å². The Morgan fingerprint density at radius 3 is 2.67 bits per heavy atom. The fraction of sp³-hybridized carbons (Fsp3) is 1.00. The predicted octanol–water partition coefficient (Wildman–Crippen LogP) is 0.0895. The van der Waals surface area contributed by atoms with Gasteiger partial charge in [0.2, 0.25) is 0 Å². The third kappa shape index (κ3) is 1.97. The van der Waals surface area contributed by atoms with Crippen molar-refractivity contribution in [2.75, 3.05) is 32.9 Å². The molecule has 3 nitrogen and oxygen atoms in total. The quantitative estimate of drug-likeness (QED) is 0.595. The highest BCUT2D eigenvalue weighted by Gasteiger charge is 2.37. The maximum atomic E-state index is 8.48. The van der Waals surface area contributed by atoms with Crippen LogP contribution in [0, 0.1) is 5.92 Å². The summed E-state index contributed by atoms with van der Waals surface area (Å²) in [5, 5.41) is 8.48. The van der Waals surface area contributed by atoms with Crippen molar-refractivity contribution in [2.24, 2.45) is 5.92 Å². The number of nitrogens with zero attached hydrogens (tertiary/aromatic N) is 1. The monoisotopic (exact) mass is 171 g/mol. The maximum absolute atomic E-state index is 8.48. The summed E-state index contributed by atoms with van der Waals surface area (Å²) in [6.45, 7) is 3.93. The predicted molar refractivity (Wildman–Crippen MR) is 46.0 cm³/mol. The highest BCUT2D eigenvalue weighted by atomic mass is 16.5. The zero-order chi connectivity index (χ0) is 8.39. The van der Waals surface area contributed by atoms with Crippen molar-refractivity contribution < 1.29 is 9.84 Å². The van der Waals surface area contributed by atoms with Gasteiger partial charge in [0.05, 0.1) is 19.8 Å². The van der Waals surface area contributed by atoms with Gasteiger partial charge in [0.15, 0.2) is 0 Å². The smallest absolute Gasteiger partial charge is 0.0697 e. The van der Waals surface area contributed by atoms with E-state index in [4.69, 9.17) is 9.84 Å². The van der Waals surface area contributed by atoms with E-state index in [9.17, 15) is 0 Å². The minimum Gasteiger partial charge on any atom is -0.394 e. The van der Waals surface area contributed by atoms with E-state index in [1.54, 1.807) is 0 Å². The van der Waals surface area contributed by atoms with Crippen molar-refractivity contribution in [1.29, 1.82) is 0 Å².